The highest BCUT2D eigenvalue weighted by molar-refractivity contribution is 7.27. The SMILES string of the molecule is CCCCCCCCC1(CCCCCCCC)c2cc(P)ccc2-c2cc3sc4cc(C)ccc4c3cc21. The minimum atomic E-state index is 0.153. The molecule has 5 rings (SSSR count). The lowest BCUT2D eigenvalue weighted by Crippen LogP contribution is -2.26. The van der Waals surface area contributed by atoms with E-state index in [1.165, 1.54) is 132 Å². The molecule has 1 heterocycles. The molecule has 0 amide bonds. The monoisotopic (exact) mass is 542 g/mol. The summed E-state index contributed by atoms with van der Waals surface area (Å²) in [4.78, 5) is 0. The number of fused-ring (bicyclic) bond motifs is 6. The number of hydrogen-bond acceptors (Lipinski definition) is 1. The van der Waals surface area contributed by atoms with Crippen molar-refractivity contribution in [1.29, 1.82) is 0 Å². The van der Waals surface area contributed by atoms with Gasteiger partial charge in [-0.2, -0.15) is 0 Å². The van der Waals surface area contributed by atoms with E-state index >= 15 is 0 Å². The van der Waals surface area contributed by atoms with Gasteiger partial charge >= 0.3 is 0 Å². The van der Waals surface area contributed by atoms with Crippen LogP contribution in [0.2, 0.25) is 0 Å². The first-order valence-electron chi connectivity index (χ1n) is 15.4. The summed E-state index contributed by atoms with van der Waals surface area (Å²) < 4.78 is 2.88. The second kappa shape index (κ2) is 12.7. The Morgan fingerprint density at radius 3 is 1.89 bits per heavy atom. The third-order valence-electron chi connectivity index (χ3n) is 9.05. The van der Waals surface area contributed by atoms with Crippen molar-refractivity contribution in [3.8, 4) is 11.1 Å². The maximum Gasteiger partial charge on any atom is 0.0361 e. The van der Waals surface area contributed by atoms with Crippen LogP contribution in [-0.4, -0.2) is 0 Å². The fourth-order valence-corrected chi connectivity index (χ4v) is 8.45. The molecule has 0 radical (unpaired) electrons. The van der Waals surface area contributed by atoms with Crippen LogP contribution in [0.3, 0.4) is 0 Å². The molecule has 0 spiro atoms. The molecule has 1 unspecified atom stereocenters. The van der Waals surface area contributed by atoms with Gasteiger partial charge in [0.25, 0.3) is 0 Å². The number of aryl methyl sites for hydroxylation is 1. The number of unbranched alkanes of at least 4 members (excludes halogenated alkanes) is 10. The third kappa shape index (κ3) is 5.62. The van der Waals surface area contributed by atoms with Crippen LogP contribution in [0.5, 0.6) is 0 Å². The summed E-state index contributed by atoms with van der Waals surface area (Å²) in [5, 5.41) is 4.24. The zero-order valence-electron chi connectivity index (χ0n) is 24.0. The summed E-state index contributed by atoms with van der Waals surface area (Å²) in [5.41, 5.74) is 7.75. The zero-order valence-corrected chi connectivity index (χ0v) is 26.0. The molecule has 1 aromatic heterocycles. The van der Waals surface area contributed by atoms with Crippen LogP contribution in [0.1, 0.15) is 120 Å². The molecule has 0 fully saturated rings. The molecular weight excluding hydrogens is 495 g/mol. The maximum absolute atomic E-state index is 2.99. The van der Waals surface area contributed by atoms with Crippen molar-refractivity contribution in [2.75, 3.05) is 0 Å². The Bertz CT molecular complexity index is 1360. The Hall–Kier alpha value is -1.69. The van der Waals surface area contributed by atoms with Gasteiger partial charge in [0.1, 0.15) is 0 Å². The summed E-state index contributed by atoms with van der Waals surface area (Å²) in [7, 11) is 2.99. The molecule has 2 heteroatoms. The van der Waals surface area contributed by atoms with Gasteiger partial charge < -0.3 is 0 Å². The molecule has 0 saturated heterocycles. The Morgan fingerprint density at radius 1 is 0.605 bits per heavy atom. The largest absolute Gasteiger partial charge is 0.135 e. The van der Waals surface area contributed by atoms with Crippen molar-refractivity contribution in [3.63, 3.8) is 0 Å². The summed E-state index contributed by atoms with van der Waals surface area (Å²) in [6.45, 7) is 6.85. The van der Waals surface area contributed by atoms with Crippen LogP contribution in [0.25, 0.3) is 31.3 Å². The van der Waals surface area contributed by atoms with Gasteiger partial charge in [-0.05, 0) is 71.1 Å². The maximum atomic E-state index is 2.99. The van der Waals surface area contributed by atoms with Gasteiger partial charge in [0.2, 0.25) is 0 Å². The van der Waals surface area contributed by atoms with E-state index in [1.807, 2.05) is 11.3 Å². The number of hydrogen-bond donors (Lipinski definition) is 0. The van der Waals surface area contributed by atoms with Gasteiger partial charge in [-0.15, -0.1) is 20.6 Å². The fourth-order valence-electron chi connectivity index (χ4n) is 6.96. The summed E-state index contributed by atoms with van der Waals surface area (Å²) in [6.07, 6.45) is 18.9. The van der Waals surface area contributed by atoms with E-state index in [9.17, 15) is 0 Å². The molecule has 0 nitrogen and oxygen atoms in total. The van der Waals surface area contributed by atoms with Crippen molar-refractivity contribution in [2.45, 2.75) is 116 Å². The highest BCUT2D eigenvalue weighted by atomic mass is 32.1. The first-order chi connectivity index (χ1) is 18.6. The average molecular weight is 543 g/mol. The van der Waals surface area contributed by atoms with Gasteiger partial charge in [-0.25, -0.2) is 0 Å². The molecule has 202 valence electrons. The zero-order chi connectivity index (χ0) is 26.5. The van der Waals surface area contributed by atoms with Crippen molar-refractivity contribution in [1.82, 2.24) is 0 Å². The first kappa shape index (κ1) is 27.9. The van der Waals surface area contributed by atoms with Gasteiger partial charge in [0, 0.05) is 25.6 Å². The van der Waals surface area contributed by atoms with E-state index < -0.39 is 0 Å². The van der Waals surface area contributed by atoms with Crippen LogP contribution >= 0.6 is 20.6 Å². The molecule has 3 aromatic carbocycles. The smallest absolute Gasteiger partial charge is 0.0361 e. The van der Waals surface area contributed by atoms with Crippen LogP contribution in [0, 0.1) is 6.92 Å². The Balaban J connectivity index is 1.56. The van der Waals surface area contributed by atoms with E-state index in [1.54, 1.807) is 11.1 Å². The molecule has 1 atom stereocenters. The second-order valence-corrected chi connectivity index (χ2v) is 13.7. The molecular formula is C36H47PS. The molecule has 4 aromatic rings. The van der Waals surface area contributed by atoms with Crippen molar-refractivity contribution in [2.24, 2.45) is 0 Å². The topological polar surface area (TPSA) is 0 Å². The minimum absolute atomic E-state index is 0.153. The molecule has 38 heavy (non-hydrogen) atoms. The normalized spacial score (nSPS) is 13.9. The minimum Gasteiger partial charge on any atom is -0.135 e. The lowest BCUT2D eigenvalue weighted by Gasteiger charge is -2.33. The molecule has 0 saturated carbocycles. The Kier molecular flexibility index (Phi) is 9.28. The molecule has 1 aliphatic rings. The molecule has 0 aliphatic heterocycles. The van der Waals surface area contributed by atoms with Crippen LogP contribution in [-0.2, 0) is 5.41 Å². The number of rotatable bonds is 14. The molecule has 0 N–H and O–H groups in total. The standard InChI is InChI=1S/C36H47PS/c1-4-6-8-10-12-14-20-36(21-15-13-11-9-7-5-2)32-23-27(37)17-19-28(32)30-25-35-31(24-33(30)36)29-18-16-26(3)22-34(29)38-35/h16-19,22-25H,4-15,20-21,37H2,1-3H3. The summed E-state index contributed by atoms with van der Waals surface area (Å²) >= 11 is 1.97. The van der Waals surface area contributed by atoms with E-state index in [4.69, 9.17) is 0 Å². The van der Waals surface area contributed by atoms with Crippen molar-refractivity contribution in [3.05, 3.63) is 65.2 Å². The lowest BCUT2D eigenvalue weighted by atomic mass is 9.70. The summed E-state index contributed by atoms with van der Waals surface area (Å²) in [5.74, 6) is 0. The van der Waals surface area contributed by atoms with Crippen LogP contribution < -0.4 is 5.30 Å². The number of benzene rings is 3. The molecule has 0 bridgehead atoms. The van der Waals surface area contributed by atoms with Crippen LogP contribution in [0.4, 0.5) is 0 Å². The Labute approximate surface area is 237 Å². The third-order valence-corrected chi connectivity index (χ3v) is 10.5. The fraction of sp³-hybridized carbons (Fsp3) is 0.500. The molecule has 1 aliphatic carbocycles. The van der Waals surface area contributed by atoms with Gasteiger partial charge in [0.05, 0.1) is 0 Å². The quantitative estimate of drug-likeness (QED) is 0.110. The van der Waals surface area contributed by atoms with Crippen LogP contribution in [0.15, 0.2) is 48.5 Å². The second-order valence-electron chi connectivity index (χ2n) is 11.9. The summed E-state index contributed by atoms with van der Waals surface area (Å²) in [6, 6.07) is 19.5. The van der Waals surface area contributed by atoms with Crippen molar-refractivity contribution >= 4 is 46.1 Å². The van der Waals surface area contributed by atoms with Crippen molar-refractivity contribution < 1.29 is 0 Å². The van der Waals surface area contributed by atoms with E-state index in [2.05, 4.69) is 78.5 Å². The Morgan fingerprint density at radius 2 is 1.21 bits per heavy atom. The average Bonchev–Trinajstić information content (AvgIpc) is 3.39. The van der Waals surface area contributed by atoms with E-state index in [0.29, 0.717) is 0 Å². The van der Waals surface area contributed by atoms with E-state index in [0.717, 1.165) is 0 Å². The predicted octanol–water partition coefficient (Wildman–Crippen LogP) is 11.6. The van der Waals surface area contributed by atoms with E-state index in [-0.39, 0.29) is 5.41 Å². The predicted molar refractivity (Wildman–Crippen MR) is 176 cm³/mol. The highest BCUT2D eigenvalue weighted by Crippen LogP contribution is 2.56. The van der Waals surface area contributed by atoms with Gasteiger partial charge in [0.15, 0.2) is 0 Å². The highest BCUT2D eigenvalue weighted by Gasteiger charge is 2.42. The number of thiophene rings is 1. The lowest BCUT2D eigenvalue weighted by molar-refractivity contribution is 0.398. The van der Waals surface area contributed by atoms with Gasteiger partial charge in [-0.3, -0.25) is 0 Å². The van der Waals surface area contributed by atoms with Gasteiger partial charge in [-0.1, -0.05) is 121 Å². The first-order valence-corrected chi connectivity index (χ1v) is 16.8.